The third-order valence-corrected chi connectivity index (χ3v) is 4.04. The van der Waals surface area contributed by atoms with E-state index in [0.29, 0.717) is 16.8 Å². The lowest BCUT2D eigenvalue weighted by atomic mass is 9.98. The summed E-state index contributed by atoms with van der Waals surface area (Å²) in [5.41, 5.74) is 1.58. The average molecular weight is 271 g/mol. The molecule has 2 aromatic rings. The lowest BCUT2D eigenvalue weighted by Gasteiger charge is -2.31. The minimum atomic E-state index is -0.280. The molecular weight excluding hydrogens is 254 g/mol. The molecule has 104 valence electrons. The molecule has 0 aliphatic carbocycles. The second-order valence-corrected chi connectivity index (χ2v) is 5.43. The standard InChI is InChI=1S/C15H17N3O2/c1-11-6-9-17(10-7-11)14-5-4-13-12(3-2-8-16-13)15(14)18(19)20/h2-5,8,11H,6-7,9-10H2,1H3. The number of aromatic nitrogens is 1. The SMILES string of the molecule is CC1CCN(c2ccc3ncccc3c2[N+](=O)[O-])CC1. The first-order valence-corrected chi connectivity index (χ1v) is 6.94. The Morgan fingerprint density at radius 3 is 2.75 bits per heavy atom. The number of benzene rings is 1. The Morgan fingerprint density at radius 2 is 2.05 bits per heavy atom. The second-order valence-electron chi connectivity index (χ2n) is 5.43. The number of rotatable bonds is 2. The van der Waals surface area contributed by atoms with Crippen molar-refractivity contribution in [3.63, 3.8) is 0 Å². The largest absolute Gasteiger partial charge is 0.366 e. The molecule has 1 aliphatic heterocycles. The fourth-order valence-electron chi connectivity index (χ4n) is 2.82. The Balaban J connectivity index is 2.10. The van der Waals surface area contributed by atoms with Crippen LogP contribution in [0.1, 0.15) is 19.8 Å². The Bertz CT molecular complexity index is 649. The highest BCUT2D eigenvalue weighted by atomic mass is 16.6. The number of nitro benzene ring substituents is 1. The van der Waals surface area contributed by atoms with Gasteiger partial charge in [0.15, 0.2) is 0 Å². The number of nitro groups is 1. The topological polar surface area (TPSA) is 59.3 Å². The zero-order valence-electron chi connectivity index (χ0n) is 11.5. The summed E-state index contributed by atoms with van der Waals surface area (Å²) in [7, 11) is 0. The van der Waals surface area contributed by atoms with Crippen LogP contribution >= 0.6 is 0 Å². The van der Waals surface area contributed by atoms with Crippen LogP contribution in [-0.4, -0.2) is 23.0 Å². The smallest absolute Gasteiger partial charge is 0.301 e. The number of piperidine rings is 1. The van der Waals surface area contributed by atoms with Crippen molar-refractivity contribution < 1.29 is 4.92 Å². The van der Waals surface area contributed by atoms with Gasteiger partial charge in [-0.1, -0.05) is 6.92 Å². The first kappa shape index (κ1) is 12.8. The molecule has 0 radical (unpaired) electrons. The monoisotopic (exact) mass is 271 g/mol. The summed E-state index contributed by atoms with van der Waals surface area (Å²) in [6.45, 7) is 4.00. The van der Waals surface area contributed by atoms with Crippen molar-refractivity contribution in [2.24, 2.45) is 5.92 Å². The van der Waals surface area contributed by atoms with Crippen molar-refractivity contribution in [1.29, 1.82) is 0 Å². The van der Waals surface area contributed by atoms with Gasteiger partial charge in [-0.05, 0) is 43.0 Å². The van der Waals surface area contributed by atoms with Crippen LogP contribution in [0, 0.1) is 16.0 Å². The first-order valence-electron chi connectivity index (χ1n) is 6.94. The minimum Gasteiger partial charge on any atom is -0.366 e. The molecule has 1 aromatic carbocycles. The zero-order valence-corrected chi connectivity index (χ0v) is 11.5. The maximum absolute atomic E-state index is 11.5. The average Bonchev–Trinajstić information content (AvgIpc) is 2.46. The molecule has 2 heterocycles. The van der Waals surface area contributed by atoms with Gasteiger partial charge in [0.2, 0.25) is 0 Å². The predicted molar refractivity (Wildman–Crippen MR) is 79.0 cm³/mol. The predicted octanol–water partition coefficient (Wildman–Crippen LogP) is 3.38. The van der Waals surface area contributed by atoms with Gasteiger partial charge in [-0.2, -0.15) is 0 Å². The summed E-state index contributed by atoms with van der Waals surface area (Å²) in [4.78, 5) is 17.5. The van der Waals surface area contributed by atoms with Crippen LogP contribution in [0.5, 0.6) is 0 Å². The van der Waals surface area contributed by atoms with E-state index in [1.54, 1.807) is 18.3 Å². The van der Waals surface area contributed by atoms with Crippen molar-refractivity contribution in [3.05, 3.63) is 40.6 Å². The van der Waals surface area contributed by atoms with E-state index in [9.17, 15) is 10.1 Å². The third kappa shape index (κ3) is 2.19. The molecule has 0 spiro atoms. The van der Waals surface area contributed by atoms with Gasteiger partial charge >= 0.3 is 5.69 Å². The molecule has 0 unspecified atom stereocenters. The highest BCUT2D eigenvalue weighted by Gasteiger charge is 2.25. The number of fused-ring (bicyclic) bond motifs is 1. The Kier molecular flexibility index (Phi) is 3.26. The quantitative estimate of drug-likeness (QED) is 0.620. The van der Waals surface area contributed by atoms with Crippen molar-refractivity contribution in [1.82, 2.24) is 4.98 Å². The number of anilines is 1. The molecule has 0 saturated carbocycles. The van der Waals surface area contributed by atoms with Crippen LogP contribution < -0.4 is 4.90 Å². The number of hydrogen-bond acceptors (Lipinski definition) is 4. The summed E-state index contributed by atoms with van der Waals surface area (Å²) in [5, 5.41) is 12.1. The van der Waals surface area contributed by atoms with Gasteiger partial charge in [0.1, 0.15) is 5.69 Å². The van der Waals surface area contributed by atoms with Crippen LogP contribution in [0.3, 0.4) is 0 Å². The summed E-state index contributed by atoms with van der Waals surface area (Å²) in [6, 6.07) is 7.23. The van der Waals surface area contributed by atoms with Crippen molar-refractivity contribution in [2.75, 3.05) is 18.0 Å². The molecule has 3 rings (SSSR count). The molecular formula is C15H17N3O2. The first-order chi connectivity index (χ1) is 9.66. The fourth-order valence-corrected chi connectivity index (χ4v) is 2.82. The molecule has 0 bridgehead atoms. The summed E-state index contributed by atoms with van der Waals surface area (Å²) < 4.78 is 0. The molecule has 5 heteroatoms. The molecule has 0 amide bonds. The molecule has 0 N–H and O–H groups in total. The van der Waals surface area contributed by atoms with Crippen LogP contribution in [0.4, 0.5) is 11.4 Å². The van der Waals surface area contributed by atoms with Crippen molar-refractivity contribution >= 4 is 22.3 Å². The van der Waals surface area contributed by atoms with E-state index in [-0.39, 0.29) is 10.6 Å². The van der Waals surface area contributed by atoms with Gasteiger partial charge in [0.25, 0.3) is 0 Å². The lowest BCUT2D eigenvalue weighted by Crippen LogP contribution is -2.33. The molecule has 5 nitrogen and oxygen atoms in total. The van der Waals surface area contributed by atoms with E-state index >= 15 is 0 Å². The normalized spacial score (nSPS) is 16.6. The highest BCUT2D eigenvalue weighted by molar-refractivity contribution is 5.94. The maximum atomic E-state index is 11.5. The molecule has 1 aliphatic rings. The number of pyridine rings is 1. The van der Waals surface area contributed by atoms with Crippen LogP contribution in [0.25, 0.3) is 10.9 Å². The summed E-state index contributed by atoms with van der Waals surface area (Å²) >= 11 is 0. The van der Waals surface area contributed by atoms with Crippen LogP contribution in [-0.2, 0) is 0 Å². The van der Waals surface area contributed by atoms with Crippen molar-refractivity contribution in [3.8, 4) is 0 Å². The molecule has 0 atom stereocenters. The van der Waals surface area contributed by atoms with Gasteiger partial charge in [-0.15, -0.1) is 0 Å². The van der Waals surface area contributed by atoms with E-state index in [2.05, 4.69) is 16.8 Å². The summed E-state index contributed by atoms with van der Waals surface area (Å²) in [5.74, 6) is 0.701. The third-order valence-electron chi connectivity index (χ3n) is 4.04. The number of hydrogen-bond donors (Lipinski definition) is 0. The van der Waals surface area contributed by atoms with Gasteiger partial charge < -0.3 is 4.90 Å². The van der Waals surface area contributed by atoms with Gasteiger partial charge in [0, 0.05) is 19.3 Å². The fraction of sp³-hybridized carbons (Fsp3) is 0.400. The van der Waals surface area contributed by atoms with Gasteiger partial charge in [-0.3, -0.25) is 15.1 Å². The number of nitrogens with zero attached hydrogens (tertiary/aromatic N) is 3. The zero-order chi connectivity index (χ0) is 14.1. The van der Waals surface area contributed by atoms with Gasteiger partial charge in [0.05, 0.1) is 15.8 Å². The van der Waals surface area contributed by atoms with E-state index < -0.39 is 0 Å². The summed E-state index contributed by atoms with van der Waals surface area (Å²) in [6.07, 6.45) is 3.83. The Labute approximate surface area is 117 Å². The second kappa shape index (κ2) is 5.07. The molecule has 1 aromatic heterocycles. The van der Waals surface area contributed by atoms with Gasteiger partial charge in [-0.25, -0.2) is 0 Å². The van der Waals surface area contributed by atoms with Crippen LogP contribution in [0.15, 0.2) is 30.5 Å². The highest BCUT2D eigenvalue weighted by Crippen LogP contribution is 2.36. The van der Waals surface area contributed by atoms with E-state index in [0.717, 1.165) is 31.6 Å². The van der Waals surface area contributed by atoms with E-state index in [1.807, 2.05) is 12.1 Å². The lowest BCUT2D eigenvalue weighted by molar-refractivity contribution is -0.382. The minimum absolute atomic E-state index is 0.185. The van der Waals surface area contributed by atoms with E-state index in [1.165, 1.54) is 0 Å². The van der Waals surface area contributed by atoms with E-state index in [4.69, 9.17) is 0 Å². The molecule has 1 saturated heterocycles. The molecule has 20 heavy (non-hydrogen) atoms. The maximum Gasteiger partial charge on any atom is 0.301 e. The molecule has 1 fully saturated rings. The Morgan fingerprint density at radius 1 is 1.30 bits per heavy atom. The Hall–Kier alpha value is -2.17. The van der Waals surface area contributed by atoms with Crippen LogP contribution in [0.2, 0.25) is 0 Å². The van der Waals surface area contributed by atoms with Crippen molar-refractivity contribution in [2.45, 2.75) is 19.8 Å².